The molecule has 4 heteroatoms. The van der Waals surface area contributed by atoms with E-state index in [4.69, 9.17) is 9.05 Å². The molecule has 0 aliphatic heterocycles. The highest BCUT2D eigenvalue weighted by Gasteiger charge is 2.23. The molecule has 0 amide bonds. The van der Waals surface area contributed by atoms with Gasteiger partial charge in [-0.15, -0.1) is 0 Å². The van der Waals surface area contributed by atoms with Crippen LogP contribution in [0.25, 0.3) is 0 Å². The molecular formula is C19H41O3P. The van der Waals surface area contributed by atoms with Crippen LogP contribution >= 0.6 is 7.60 Å². The Bertz CT molecular complexity index is 282. The maximum absolute atomic E-state index is 12.7. The van der Waals surface area contributed by atoms with Crippen molar-refractivity contribution in [1.29, 1.82) is 0 Å². The van der Waals surface area contributed by atoms with Gasteiger partial charge in [-0.2, -0.15) is 0 Å². The molecule has 0 radical (unpaired) electrons. The summed E-state index contributed by atoms with van der Waals surface area (Å²) in [5.74, 6) is 0. The molecule has 140 valence electrons. The first-order valence-corrected chi connectivity index (χ1v) is 11.8. The van der Waals surface area contributed by atoms with Crippen molar-refractivity contribution in [3.05, 3.63) is 0 Å². The second-order valence-electron chi connectivity index (χ2n) is 6.54. The van der Waals surface area contributed by atoms with Crippen LogP contribution in [0.2, 0.25) is 0 Å². The normalized spacial score (nSPS) is 14.0. The van der Waals surface area contributed by atoms with Crippen molar-refractivity contribution < 1.29 is 13.6 Å². The average molecular weight is 349 g/mol. The largest absolute Gasteiger partial charge is 0.330 e. The molecule has 0 rings (SSSR count). The Balaban J connectivity index is 3.82. The minimum atomic E-state index is -2.85. The van der Waals surface area contributed by atoms with Gasteiger partial charge in [0.05, 0.1) is 19.4 Å². The summed E-state index contributed by atoms with van der Waals surface area (Å²) in [6, 6.07) is 0. The summed E-state index contributed by atoms with van der Waals surface area (Å²) < 4.78 is 24.1. The zero-order chi connectivity index (χ0) is 17.2. The van der Waals surface area contributed by atoms with Crippen molar-refractivity contribution in [2.45, 2.75) is 104 Å². The van der Waals surface area contributed by atoms with E-state index in [1.54, 1.807) is 0 Å². The molecule has 0 heterocycles. The molecule has 0 aliphatic rings. The fourth-order valence-electron chi connectivity index (χ4n) is 2.51. The molecule has 0 aromatic rings. The molecule has 0 N–H and O–H groups in total. The Hall–Kier alpha value is 0.150. The van der Waals surface area contributed by atoms with Crippen LogP contribution in [-0.2, 0) is 13.6 Å². The monoisotopic (exact) mass is 348 g/mol. The SMILES string of the molecule is CCCCCCCCCOP(=O)(CCCC)OCCCCCC. The Labute approximate surface area is 145 Å². The molecule has 0 aromatic carbocycles. The minimum Gasteiger partial charge on any atom is -0.309 e. The minimum absolute atomic E-state index is 0.577. The predicted molar refractivity (Wildman–Crippen MR) is 101 cm³/mol. The molecule has 0 saturated carbocycles. The summed E-state index contributed by atoms with van der Waals surface area (Å²) in [5, 5.41) is 0. The smallest absolute Gasteiger partial charge is 0.309 e. The van der Waals surface area contributed by atoms with Gasteiger partial charge in [-0.3, -0.25) is 4.57 Å². The Morgan fingerprint density at radius 1 is 0.565 bits per heavy atom. The molecule has 0 spiro atoms. The fourth-order valence-corrected chi connectivity index (χ4v) is 4.36. The van der Waals surface area contributed by atoms with Gasteiger partial charge in [-0.1, -0.05) is 85.0 Å². The highest BCUT2D eigenvalue weighted by molar-refractivity contribution is 7.53. The number of hydrogen-bond donors (Lipinski definition) is 0. The average Bonchev–Trinajstić information content (AvgIpc) is 2.55. The zero-order valence-electron chi connectivity index (χ0n) is 16.0. The second-order valence-corrected chi connectivity index (χ2v) is 8.72. The van der Waals surface area contributed by atoms with Crippen LogP contribution in [0.4, 0.5) is 0 Å². The van der Waals surface area contributed by atoms with Gasteiger partial charge in [0.15, 0.2) is 0 Å². The Kier molecular flexibility index (Phi) is 17.1. The molecule has 23 heavy (non-hydrogen) atoms. The highest BCUT2D eigenvalue weighted by Crippen LogP contribution is 2.49. The van der Waals surface area contributed by atoms with E-state index < -0.39 is 7.60 Å². The maximum atomic E-state index is 12.7. The summed E-state index contributed by atoms with van der Waals surface area (Å²) in [6.45, 7) is 7.71. The van der Waals surface area contributed by atoms with Crippen molar-refractivity contribution in [3.8, 4) is 0 Å². The Morgan fingerprint density at radius 3 is 1.43 bits per heavy atom. The first-order valence-electron chi connectivity index (χ1n) is 10.1. The van der Waals surface area contributed by atoms with E-state index in [1.807, 2.05) is 0 Å². The van der Waals surface area contributed by atoms with Crippen molar-refractivity contribution in [2.24, 2.45) is 0 Å². The predicted octanol–water partition coefficient (Wildman–Crippen LogP) is 7.34. The third kappa shape index (κ3) is 15.4. The maximum Gasteiger partial charge on any atom is 0.330 e. The van der Waals surface area contributed by atoms with Crippen LogP contribution in [-0.4, -0.2) is 19.4 Å². The highest BCUT2D eigenvalue weighted by atomic mass is 31.2. The molecule has 0 aromatic heterocycles. The first-order chi connectivity index (χ1) is 11.2. The van der Waals surface area contributed by atoms with E-state index in [0.717, 1.165) is 32.1 Å². The second kappa shape index (κ2) is 17.0. The summed E-state index contributed by atoms with van der Waals surface area (Å²) in [4.78, 5) is 0. The van der Waals surface area contributed by atoms with Gasteiger partial charge in [0.25, 0.3) is 0 Å². The van der Waals surface area contributed by atoms with Gasteiger partial charge in [0.1, 0.15) is 0 Å². The fraction of sp³-hybridized carbons (Fsp3) is 1.00. The summed E-state index contributed by atoms with van der Waals surface area (Å²) in [7, 11) is -2.85. The molecule has 0 saturated heterocycles. The van der Waals surface area contributed by atoms with Gasteiger partial charge < -0.3 is 9.05 Å². The van der Waals surface area contributed by atoms with Gasteiger partial charge in [0.2, 0.25) is 0 Å². The van der Waals surface area contributed by atoms with Crippen molar-refractivity contribution in [1.82, 2.24) is 0 Å². The summed E-state index contributed by atoms with van der Waals surface area (Å²) >= 11 is 0. The lowest BCUT2D eigenvalue weighted by molar-refractivity contribution is 0.197. The van der Waals surface area contributed by atoms with E-state index in [2.05, 4.69) is 20.8 Å². The van der Waals surface area contributed by atoms with Gasteiger partial charge in [0, 0.05) is 0 Å². The molecule has 0 bridgehead atoms. The van der Waals surface area contributed by atoms with E-state index in [1.165, 1.54) is 51.4 Å². The van der Waals surface area contributed by atoms with Crippen LogP contribution in [0.5, 0.6) is 0 Å². The van der Waals surface area contributed by atoms with E-state index in [0.29, 0.717) is 19.4 Å². The molecular weight excluding hydrogens is 307 g/mol. The molecule has 1 atom stereocenters. The lowest BCUT2D eigenvalue weighted by atomic mass is 10.1. The van der Waals surface area contributed by atoms with Crippen molar-refractivity contribution in [2.75, 3.05) is 19.4 Å². The molecule has 3 nitrogen and oxygen atoms in total. The van der Waals surface area contributed by atoms with E-state index in [9.17, 15) is 4.57 Å². The third-order valence-electron chi connectivity index (χ3n) is 4.11. The quantitative estimate of drug-likeness (QED) is 0.192. The van der Waals surface area contributed by atoms with Gasteiger partial charge in [-0.05, 0) is 19.3 Å². The van der Waals surface area contributed by atoms with Crippen LogP contribution in [0.3, 0.4) is 0 Å². The number of hydrogen-bond acceptors (Lipinski definition) is 3. The van der Waals surface area contributed by atoms with Crippen molar-refractivity contribution in [3.63, 3.8) is 0 Å². The third-order valence-corrected chi connectivity index (χ3v) is 6.12. The molecule has 0 fully saturated rings. The summed E-state index contributed by atoms with van der Waals surface area (Å²) in [5.41, 5.74) is 0. The van der Waals surface area contributed by atoms with Crippen LogP contribution < -0.4 is 0 Å². The van der Waals surface area contributed by atoms with E-state index >= 15 is 0 Å². The van der Waals surface area contributed by atoms with Gasteiger partial charge >= 0.3 is 7.60 Å². The van der Waals surface area contributed by atoms with Crippen LogP contribution in [0.15, 0.2) is 0 Å². The lowest BCUT2D eigenvalue weighted by Crippen LogP contribution is -2.03. The molecule has 1 unspecified atom stereocenters. The lowest BCUT2D eigenvalue weighted by Gasteiger charge is -2.18. The molecule has 0 aliphatic carbocycles. The number of rotatable bonds is 18. The van der Waals surface area contributed by atoms with Crippen LogP contribution in [0, 0.1) is 0 Å². The van der Waals surface area contributed by atoms with E-state index in [-0.39, 0.29) is 0 Å². The first kappa shape index (κ1) is 23.1. The number of unbranched alkanes of at least 4 members (excludes halogenated alkanes) is 10. The zero-order valence-corrected chi connectivity index (χ0v) is 16.9. The summed E-state index contributed by atoms with van der Waals surface area (Å²) in [6.07, 6.45) is 15.8. The van der Waals surface area contributed by atoms with Crippen LogP contribution in [0.1, 0.15) is 104 Å². The standard InChI is InChI=1S/C19H41O3P/c1-4-7-10-12-13-14-16-18-22-23(20,19-9-6-3)21-17-15-11-8-5-2/h4-19H2,1-3H3. The topological polar surface area (TPSA) is 35.5 Å². The Morgan fingerprint density at radius 2 is 0.957 bits per heavy atom. The van der Waals surface area contributed by atoms with Gasteiger partial charge in [-0.25, -0.2) is 0 Å². The van der Waals surface area contributed by atoms with Crippen molar-refractivity contribution >= 4 is 7.60 Å².